The lowest BCUT2D eigenvalue weighted by Crippen LogP contribution is -2.01. The molecule has 0 atom stereocenters. The van der Waals surface area contributed by atoms with Crippen molar-refractivity contribution in [2.75, 3.05) is 11.9 Å². The molecule has 2 N–H and O–H groups in total. The first-order valence-corrected chi connectivity index (χ1v) is 5.51. The molecule has 1 heterocycles. The molecule has 0 aliphatic rings. The average Bonchev–Trinajstić information content (AvgIpc) is 2.61. The Hall–Kier alpha value is -1.95. The molecule has 0 aliphatic heterocycles. The maximum Gasteiger partial charge on any atom is 0.0628 e. The van der Waals surface area contributed by atoms with Gasteiger partial charge in [0.15, 0.2) is 0 Å². The normalized spacial score (nSPS) is 10.2. The third kappa shape index (κ3) is 2.01. The zero-order chi connectivity index (χ0) is 11.4. The number of nitrogens with zero attached hydrogens (tertiary/aromatic N) is 1. The molecule has 0 bridgehead atoms. The van der Waals surface area contributed by atoms with Gasteiger partial charge in [-0.3, -0.25) is 0 Å². The van der Waals surface area contributed by atoms with Gasteiger partial charge in [-0.05, 0) is 19.4 Å². The second-order valence-electron chi connectivity index (χ2n) is 3.86. The van der Waals surface area contributed by atoms with E-state index in [0.29, 0.717) is 6.42 Å². The SMILES string of the molecule is Cc1[nH]c2ccccc2c1NCCCC#N. The van der Waals surface area contributed by atoms with Gasteiger partial charge in [-0.15, -0.1) is 0 Å². The lowest BCUT2D eigenvalue weighted by molar-refractivity contribution is 0.897. The maximum atomic E-state index is 8.47. The average molecular weight is 213 g/mol. The standard InChI is InChI=1S/C13H15N3/c1-10-13(15-9-5-4-8-14)11-6-2-3-7-12(11)16-10/h2-3,6-7,15-16H,4-5,9H2,1H3. The van der Waals surface area contributed by atoms with Crippen LogP contribution >= 0.6 is 0 Å². The summed E-state index contributed by atoms with van der Waals surface area (Å²) in [4.78, 5) is 3.34. The number of benzene rings is 1. The van der Waals surface area contributed by atoms with Crippen LogP contribution in [0.5, 0.6) is 0 Å². The highest BCUT2D eigenvalue weighted by atomic mass is 14.9. The summed E-state index contributed by atoms with van der Waals surface area (Å²) in [7, 11) is 0. The molecule has 2 aromatic rings. The van der Waals surface area contributed by atoms with E-state index < -0.39 is 0 Å². The number of aromatic nitrogens is 1. The third-order valence-electron chi connectivity index (χ3n) is 2.66. The molecule has 0 unspecified atom stereocenters. The Labute approximate surface area is 95.1 Å². The Morgan fingerprint density at radius 1 is 1.38 bits per heavy atom. The van der Waals surface area contributed by atoms with Crippen molar-refractivity contribution in [1.29, 1.82) is 5.26 Å². The van der Waals surface area contributed by atoms with Crippen molar-refractivity contribution in [2.45, 2.75) is 19.8 Å². The molecule has 1 aromatic heterocycles. The number of nitriles is 1. The van der Waals surface area contributed by atoms with E-state index in [1.807, 2.05) is 12.1 Å². The van der Waals surface area contributed by atoms with Crippen molar-refractivity contribution in [2.24, 2.45) is 0 Å². The molecule has 82 valence electrons. The summed E-state index contributed by atoms with van der Waals surface area (Å²) in [6.45, 7) is 2.91. The maximum absolute atomic E-state index is 8.47. The molecular formula is C13H15N3. The van der Waals surface area contributed by atoms with Crippen molar-refractivity contribution in [3.05, 3.63) is 30.0 Å². The van der Waals surface area contributed by atoms with E-state index in [9.17, 15) is 0 Å². The first kappa shape index (κ1) is 10.6. The number of nitrogens with one attached hydrogen (secondary N) is 2. The van der Waals surface area contributed by atoms with E-state index in [2.05, 4.69) is 35.4 Å². The van der Waals surface area contributed by atoms with E-state index in [-0.39, 0.29) is 0 Å². The summed E-state index contributed by atoms with van der Waals surface area (Å²) >= 11 is 0. The zero-order valence-corrected chi connectivity index (χ0v) is 9.38. The second kappa shape index (κ2) is 4.71. The lowest BCUT2D eigenvalue weighted by atomic mass is 10.2. The van der Waals surface area contributed by atoms with Crippen LogP contribution in [-0.4, -0.2) is 11.5 Å². The van der Waals surface area contributed by atoms with Gasteiger partial charge < -0.3 is 10.3 Å². The molecule has 1 aromatic carbocycles. The number of anilines is 1. The number of H-pyrrole nitrogens is 1. The lowest BCUT2D eigenvalue weighted by Gasteiger charge is -2.04. The van der Waals surface area contributed by atoms with Gasteiger partial charge in [0.25, 0.3) is 0 Å². The van der Waals surface area contributed by atoms with Gasteiger partial charge in [-0.2, -0.15) is 5.26 Å². The van der Waals surface area contributed by atoms with Crippen LogP contribution in [-0.2, 0) is 0 Å². The Morgan fingerprint density at radius 3 is 3.00 bits per heavy atom. The van der Waals surface area contributed by atoms with Gasteiger partial charge in [0, 0.05) is 29.6 Å². The van der Waals surface area contributed by atoms with Crippen LogP contribution in [0.15, 0.2) is 24.3 Å². The fourth-order valence-electron chi connectivity index (χ4n) is 1.89. The van der Waals surface area contributed by atoms with E-state index in [4.69, 9.17) is 5.26 Å². The summed E-state index contributed by atoms with van der Waals surface area (Å²) in [5.41, 5.74) is 3.47. The molecular weight excluding hydrogens is 198 g/mol. The summed E-state index contributed by atoms with van der Waals surface area (Å²) in [5, 5.41) is 13.1. The topological polar surface area (TPSA) is 51.6 Å². The van der Waals surface area contributed by atoms with Gasteiger partial charge in [-0.1, -0.05) is 18.2 Å². The van der Waals surface area contributed by atoms with Crippen LogP contribution in [0, 0.1) is 18.3 Å². The van der Waals surface area contributed by atoms with E-state index in [1.54, 1.807) is 0 Å². The van der Waals surface area contributed by atoms with Gasteiger partial charge in [-0.25, -0.2) is 0 Å². The molecule has 0 fully saturated rings. The quantitative estimate of drug-likeness (QED) is 0.766. The molecule has 0 amide bonds. The van der Waals surface area contributed by atoms with Crippen molar-refractivity contribution < 1.29 is 0 Å². The fourth-order valence-corrected chi connectivity index (χ4v) is 1.89. The Morgan fingerprint density at radius 2 is 2.19 bits per heavy atom. The number of hydrogen-bond acceptors (Lipinski definition) is 2. The summed E-state index contributed by atoms with van der Waals surface area (Å²) in [6.07, 6.45) is 1.49. The molecule has 0 radical (unpaired) electrons. The summed E-state index contributed by atoms with van der Waals surface area (Å²) in [6, 6.07) is 10.4. The zero-order valence-electron chi connectivity index (χ0n) is 9.38. The predicted molar refractivity (Wildman–Crippen MR) is 66.4 cm³/mol. The fraction of sp³-hybridized carbons (Fsp3) is 0.308. The van der Waals surface area contributed by atoms with Crippen LogP contribution in [0.25, 0.3) is 10.9 Å². The number of aromatic amines is 1. The van der Waals surface area contributed by atoms with E-state index >= 15 is 0 Å². The van der Waals surface area contributed by atoms with Crippen molar-refractivity contribution in [1.82, 2.24) is 4.98 Å². The summed E-state index contributed by atoms with van der Waals surface area (Å²) < 4.78 is 0. The van der Waals surface area contributed by atoms with Crippen LogP contribution in [0.2, 0.25) is 0 Å². The Bertz CT molecular complexity index is 519. The smallest absolute Gasteiger partial charge is 0.0628 e. The minimum atomic E-state index is 0.606. The van der Waals surface area contributed by atoms with Gasteiger partial charge in [0.2, 0.25) is 0 Å². The minimum absolute atomic E-state index is 0.606. The number of para-hydroxylation sites is 1. The molecule has 2 rings (SSSR count). The molecule has 3 heteroatoms. The molecule has 3 nitrogen and oxygen atoms in total. The van der Waals surface area contributed by atoms with Gasteiger partial charge in [0.1, 0.15) is 0 Å². The van der Waals surface area contributed by atoms with E-state index in [1.165, 1.54) is 5.39 Å². The second-order valence-corrected chi connectivity index (χ2v) is 3.86. The largest absolute Gasteiger partial charge is 0.383 e. The van der Waals surface area contributed by atoms with Crippen molar-refractivity contribution >= 4 is 16.6 Å². The molecule has 0 saturated heterocycles. The van der Waals surface area contributed by atoms with Crippen molar-refractivity contribution in [3.63, 3.8) is 0 Å². The minimum Gasteiger partial charge on any atom is -0.383 e. The highest BCUT2D eigenvalue weighted by Gasteiger charge is 2.06. The first-order chi connectivity index (χ1) is 7.83. The highest BCUT2D eigenvalue weighted by Crippen LogP contribution is 2.26. The van der Waals surface area contributed by atoms with Crippen LogP contribution < -0.4 is 5.32 Å². The third-order valence-corrected chi connectivity index (χ3v) is 2.66. The van der Waals surface area contributed by atoms with Gasteiger partial charge in [0.05, 0.1) is 11.8 Å². The van der Waals surface area contributed by atoms with Crippen molar-refractivity contribution in [3.8, 4) is 6.07 Å². The number of fused-ring (bicyclic) bond motifs is 1. The molecule has 0 spiro atoms. The Balaban J connectivity index is 2.17. The number of aryl methyl sites for hydroxylation is 1. The molecule has 0 saturated carbocycles. The van der Waals surface area contributed by atoms with Crippen LogP contribution in [0.1, 0.15) is 18.5 Å². The molecule has 16 heavy (non-hydrogen) atoms. The highest BCUT2D eigenvalue weighted by molar-refractivity contribution is 5.94. The monoisotopic (exact) mass is 213 g/mol. The van der Waals surface area contributed by atoms with E-state index in [0.717, 1.165) is 29.9 Å². The number of unbranched alkanes of at least 4 members (excludes halogenated alkanes) is 1. The summed E-state index contributed by atoms with van der Waals surface area (Å²) in [5.74, 6) is 0. The molecule has 0 aliphatic carbocycles. The number of hydrogen-bond donors (Lipinski definition) is 2. The first-order valence-electron chi connectivity index (χ1n) is 5.51. The Kier molecular flexibility index (Phi) is 3.11. The number of rotatable bonds is 4. The van der Waals surface area contributed by atoms with Gasteiger partial charge >= 0.3 is 0 Å². The predicted octanol–water partition coefficient (Wildman–Crippen LogP) is 3.19. The van der Waals surface area contributed by atoms with Crippen LogP contribution in [0.4, 0.5) is 5.69 Å². The van der Waals surface area contributed by atoms with Crippen LogP contribution in [0.3, 0.4) is 0 Å².